The highest BCUT2D eigenvalue weighted by Crippen LogP contribution is 2.45. The summed E-state index contributed by atoms with van der Waals surface area (Å²) in [5.74, 6) is -1.31. The molecule has 0 aromatic heterocycles. The minimum absolute atomic E-state index is 0.108. The fraction of sp³-hybridized carbons (Fsp3) is 0.947. The maximum absolute atomic E-state index is 13.1. The molecule has 0 aromatic rings. The molecule has 0 saturated heterocycles. The Balaban J connectivity index is 5.19. The number of phosphoric acid groups is 2. The molecule has 0 aliphatic heterocycles. The predicted octanol–water partition coefficient (Wildman–Crippen LogP) is 22.1. The van der Waals surface area contributed by atoms with Crippen LogP contribution in [-0.4, -0.2) is 96.7 Å². The lowest BCUT2D eigenvalue weighted by Gasteiger charge is -2.21. The largest absolute Gasteiger partial charge is 0.472 e. The van der Waals surface area contributed by atoms with Crippen LogP contribution in [0.25, 0.3) is 0 Å². The van der Waals surface area contributed by atoms with E-state index in [-0.39, 0.29) is 25.7 Å². The smallest absolute Gasteiger partial charge is 0.462 e. The highest BCUT2D eigenvalue weighted by atomic mass is 31.2. The number of carbonyl (C=O) groups is 4. The first-order valence-electron chi connectivity index (χ1n) is 39.1. The van der Waals surface area contributed by atoms with E-state index in [0.29, 0.717) is 25.7 Å². The Labute approximate surface area is 575 Å². The van der Waals surface area contributed by atoms with Crippen LogP contribution in [0.4, 0.5) is 0 Å². The summed E-state index contributed by atoms with van der Waals surface area (Å²) in [5, 5.41) is 10.6. The molecule has 19 heteroatoms. The molecule has 94 heavy (non-hydrogen) atoms. The number of aliphatic hydroxyl groups is 1. The Bertz CT molecular complexity index is 1810. The van der Waals surface area contributed by atoms with Crippen LogP contribution in [0.3, 0.4) is 0 Å². The number of phosphoric ester groups is 2. The molecular formula is C75H146O17P2. The fourth-order valence-electron chi connectivity index (χ4n) is 11.5. The molecule has 0 saturated carbocycles. The van der Waals surface area contributed by atoms with E-state index in [1.165, 1.54) is 205 Å². The molecule has 0 aliphatic rings. The second-order valence-corrected chi connectivity index (χ2v) is 30.4. The summed E-state index contributed by atoms with van der Waals surface area (Å²) in [6, 6.07) is 0. The standard InChI is InChI=1S/C75H146O17P2/c1-6-9-12-15-18-20-22-24-27-32-35-39-44-49-54-59-73(78)86-65-71(92-75(80)61-56-51-46-41-37-33-29-26-25-28-31-34-38-43-47-52-57-68(4)5)67-90-94(83,84)88-63-69(76)62-87-93(81,82)89-66-70(64-85-72(77)58-53-48-42-17-14-11-8-3)91-74(79)60-55-50-45-40-36-30-23-21-19-16-13-10-7-2/h68-71,76H,6-67H2,1-5H3,(H,81,82)(H,83,84)/t69-,70+,71+/m0/s1. The first kappa shape index (κ1) is 92.1. The molecule has 17 nitrogen and oxygen atoms in total. The molecule has 0 rings (SSSR count). The molecule has 0 amide bonds. The second kappa shape index (κ2) is 68.2. The van der Waals surface area contributed by atoms with Gasteiger partial charge in [-0.2, -0.15) is 0 Å². The Morgan fingerprint density at radius 1 is 0.287 bits per heavy atom. The van der Waals surface area contributed by atoms with E-state index < -0.39 is 97.5 Å². The molecule has 5 atom stereocenters. The van der Waals surface area contributed by atoms with E-state index in [9.17, 15) is 43.2 Å². The van der Waals surface area contributed by atoms with Gasteiger partial charge in [-0.25, -0.2) is 9.13 Å². The Morgan fingerprint density at radius 2 is 0.489 bits per heavy atom. The average Bonchev–Trinajstić information content (AvgIpc) is 3.72. The van der Waals surface area contributed by atoms with E-state index >= 15 is 0 Å². The topological polar surface area (TPSA) is 237 Å². The lowest BCUT2D eigenvalue weighted by atomic mass is 10.0. The van der Waals surface area contributed by atoms with Crippen molar-refractivity contribution in [2.24, 2.45) is 5.92 Å². The molecular weight excluding hydrogens is 1230 g/mol. The molecule has 0 spiro atoms. The van der Waals surface area contributed by atoms with E-state index in [1.54, 1.807) is 0 Å². The highest BCUT2D eigenvalue weighted by molar-refractivity contribution is 7.47. The van der Waals surface area contributed by atoms with Gasteiger partial charge in [0.2, 0.25) is 0 Å². The van der Waals surface area contributed by atoms with Crippen LogP contribution in [0.1, 0.15) is 394 Å². The van der Waals surface area contributed by atoms with Gasteiger partial charge >= 0.3 is 39.5 Å². The molecule has 2 unspecified atom stereocenters. The van der Waals surface area contributed by atoms with Gasteiger partial charge in [0.25, 0.3) is 0 Å². The van der Waals surface area contributed by atoms with Crippen molar-refractivity contribution in [3.05, 3.63) is 0 Å². The van der Waals surface area contributed by atoms with Gasteiger partial charge in [-0.15, -0.1) is 0 Å². The number of hydrogen-bond donors (Lipinski definition) is 3. The van der Waals surface area contributed by atoms with Crippen molar-refractivity contribution in [3.63, 3.8) is 0 Å². The zero-order chi connectivity index (χ0) is 69.1. The number of unbranched alkanes of at least 4 members (excludes halogenated alkanes) is 47. The third kappa shape index (κ3) is 68.6. The number of hydrogen-bond acceptors (Lipinski definition) is 15. The summed E-state index contributed by atoms with van der Waals surface area (Å²) >= 11 is 0. The quantitative estimate of drug-likeness (QED) is 0.0222. The summed E-state index contributed by atoms with van der Waals surface area (Å²) in [5.41, 5.74) is 0. The van der Waals surface area contributed by atoms with Crippen LogP contribution in [0.2, 0.25) is 0 Å². The van der Waals surface area contributed by atoms with Crippen molar-refractivity contribution >= 4 is 39.5 Å². The van der Waals surface area contributed by atoms with Gasteiger partial charge in [0.1, 0.15) is 19.3 Å². The predicted molar refractivity (Wildman–Crippen MR) is 382 cm³/mol. The average molecular weight is 1380 g/mol. The number of carbonyl (C=O) groups excluding carboxylic acids is 4. The summed E-state index contributed by atoms with van der Waals surface area (Å²) in [6.45, 7) is 7.28. The SMILES string of the molecule is CCCCCCCCCCCCCCCCCC(=O)OC[C@H](COP(=O)(O)OC[C@@H](O)COP(=O)(O)OC[C@@H](COC(=O)CCCCCCCCC)OC(=O)CCCCCCCCCCCCCCC)OC(=O)CCCCCCCCCCCCCCCCCCC(C)C. The van der Waals surface area contributed by atoms with Crippen molar-refractivity contribution in [2.75, 3.05) is 39.6 Å². The molecule has 0 bridgehead atoms. The van der Waals surface area contributed by atoms with Crippen LogP contribution in [0, 0.1) is 5.92 Å². The van der Waals surface area contributed by atoms with E-state index in [1.807, 2.05) is 0 Å². The Morgan fingerprint density at radius 3 is 0.723 bits per heavy atom. The summed E-state index contributed by atoms with van der Waals surface area (Å²) in [6.07, 6.45) is 56.9. The van der Waals surface area contributed by atoms with Crippen LogP contribution < -0.4 is 0 Å². The molecule has 558 valence electrons. The minimum Gasteiger partial charge on any atom is -0.462 e. The molecule has 0 aromatic carbocycles. The van der Waals surface area contributed by atoms with Gasteiger partial charge in [-0.3, -0.25) is 37.3 Å². The lowest BCUT2D eigenvalue weighted by molar-refractivity contribution is -0.161. The number of ether oxygens (including phenoxy) is 4. The van der Waals surface area contributed by atoms with Crippen molar-refractivity contribution in [3.8, 4) is 0 Å². The summed E-state index contributed by atoms with van der Waals surface area (Å²) in [7, 11) is -9.90. The monoisotopic (exact) mass is 1380 g/mol. The first-order chi connectivity index (χ1) is 45.5. The summed E-state index contributed by atoms with van der Waals surface area (Å²) in [4.78, 5) is 72.6. The van der Waals surface area contributed by atoms with Crippen molar-refractivity contribution in [1.82, 2.24) is 0 Å². The maximum Gasteiger partial charge on any atom is 0.472 e. The lowest BCUT2D eigenvalue weighted by Crippen LogP contribution is -2.30. The van der Waals surface area contributed by atoms with Crippen LogP contribution in [0.5, 0.6) is 0 Å². The van der Waals surface area contributed by atoms with Crippen LogP contribution in [0.15, 0.2) is 0 Å². The second-order valence-electron chi connectivity index (χ2n) is 27.5. The third-order valence-corrected chi connectivity index (χ3v) is 19.4. The van der Waals surface area contributed by atoms with E-state index in [0.717, 1.165) is 109 Å². The van der Waals surface area contributed by atoms with Crippen molar-refractivity contribution < 1.29 is 80.2 Å². The van der Waals surface area contributed by atoms with Gasteiger partial charge in [0, 0.05) is 25.7 Å². The van der Waals surface area contributed by atoms with Gasteiger partial charge in [-0.1, -0.05) is 343 Å². The van der Waals surface area contributed by atoms with Crippen LogP contribution >= 0.6 is 15.6 Å². The molecule has 0 aliphatic carbocycles. The van der Waals surface area contributed by atoms with E-state index in [2.05, 4.69) is 34.6 Å². The minimum atomic E-state index is -4.95. The van der Waals surface area contributed by atoms with Crippen LogP contribution in [-0.2, 0) is 65.4 Å². The molecule has 0 fully saturated rings. The third-order valence-electron chi connectivity index (χ3n) is 17.5. The Hall–Kier alpha value is -1.94. The molecule has 0 heterocycles. The highest BCUT2D eigenvalue weighted by Gasteiger charge is 2.30. The van der Waals surface area contributed by atoms with Gasteiger partial charge in [-0.05, 0) is 31.6 Å². The first-order valence-corrected chi connectivity index (χ1v) is 42.1. The van der Waals surface area contributed by atoms with Gasteiger partial charge in [0.15, 0.2) is 12.2 Å². The Kier molecular flexibility index (Phi) is 66.8. The van der Waals surface area contributed by atoms with Crippen molar-refractivity contribution in [1.29, 1.82) is 0 Å². The number of aliphatic hydroxyl groups excluding tert-OH is 1. The summed E-state index contributed by atoms with van der Waals surface area (Å²) < 4.78 is 68.4. The number of esters is 4. The van der Waals surface area contributed by atoms with Gasteiger partial charge in [0.05, 0.1) is 26.4 Å². The normalized spacial score (nSPS) is 14.0. The number of rotatable bonds is 75. The maximum atomic E-state index is 13.1. The van der Waals surface area contributed by atoms with E-state index in [4.69, 9.17) is 37.0 Å². The zero-order valence-electron chi connectivity index (χ0n) is 61.1. The van der Waals surface area contributed by atoms with Gasteiger partial charge < -0.3 is 33.8 Å². The zero-order valence-corrected chi connectivity index (χ0v) is 62.9. The fourth-order valence-corrected chi connectivity index (χ4v) is 13.1. The van der Waals surface area contributed by atoms with Crippen molar-refractivity contribution in [2.45, 2.75) is 412 Å². The molecule has 3 N–H and O–H groups in total. The molecule has 0 radical (unpaired) electrons.